The molecule has 0 radical (unpaired) electrons. The van der Waals surface area contributed by atoms with Crippen molar-refractivity contribution in [2.45, 2.75) is 39.3 Å². The van der Waals surface area contributed by atoms with Gasteiger partial charge in [0.15, 0.2) is 0 Å². The topological polar surface area (TPSA) is 26.5 Å². The molecule has 0 fully saturated rings. The molecule has 0 spiro atoms. The minimum absolute atomic E-state index is 0.855. The number of hydrogen-bond donors (Lipinski definition) is 0. The Bertz CT molecular complexity index is 737. The summed E-state index contributed by atoms with van der Waals surface area (Å²) in [7, 11) is -3.08. The summed E-state index contributed by atoms with van der Waals surface area (Å²) in [5.74, 6) is 0.855. The first-order valence-electron chi connectivity index (χ1n) is 8.79. The van der Waals surface area contributed by atoms with E-state index in [4.69, 9.17) is 9.97 Å². The van der Waals surface area contributed by atoms with Crippen LogP contribution in [0, 0.1) is 0 Å². The largest absolute Gasteiger partial charge is 0.472 e. The maximum Gasteiger partial charge on any atom is 0.0690 e. The van der Waals surface area contributed by atoms with Crippen molar-refractivity contribution in [3.05, 3.63) is 82.5 Å². The highest BCUT2D eigenvalue weighted by Crippen LogP contribution is 2.24. The first kappa shape index (κ1) is 19.4. The zero-order chi connectivity index (χ0) is 18.5. The summed E-state index contributed by atoms with van der Waals surface area (Å²) >= 11 is 0. The third-order valence-electron chi connectivity index (χ3n) is 3.34. The summed E-state index contributed by atoms with van der Waals surface area (Å²) in [4.78, 5) is 10.1. The molecular weight excluding hydrogens is 336 g/mol. The second-order valence-electron chi connectivity index (χ2n) is 8.35. The summed E-state index contributed by atoms with van der Waals surface area (Å²) < 4.78 is 0. The molecule has 0 amide bonds. The van der Waals surface area contributed by atoms with Crippen molar-refractivity contribution in [3.8, 4) is 0 Å². The molecule has 25 heavy (non-hydrogen) atoms. The lowest BCUT2D eigenvalue weighted by molar-refractivity contribution is 1.48. The van der Waals surface area contributed by atoms with Gasteiger partial charge in [0.05, 0.1) is 8.07 Å². The van der Waals surface area contributed by atoms with E-state index in [9.17, 15) is 0 Å². The minimum atomic E-state index is -1.65. The number of hydrogen-bond acceptors (Lipinski definition) is 1. The second kappa shape index (κ2) is 7.98. The maximum atomic E-state index is 5.07. The second-order valence-corrected chi connectivity index (χ2v) is 17.9. The molecule has 0 saturated heterocycles. The number of benzene rings is 2. The van der Waals surface area contributed by atoms with Gasteiger partial charge in [-0.15, -0.1) is 0 Å². The molecule has 4 heteroatoms. The van der Waals surface area contributed by atoms with Crippen LogP contribution < -0.4 is 0 Å². The Balaban J connectivity index is 2.57. The Morgan fingerprint density at radius 3 is 1.68 bits per heavy atom. The van der Waals surface area contributed by atoms with E-state index in [0.29, 0.717) is 0 Å². The van der Waals surface area contributed by atoms with Crippen LogP contribution in [0.1, 0.15) is 11.1 Å². The minimum Gasteiger partial charge on any atom is -0.472 e. The zero-order valence-electron chi connectivity index (χ0n) is 16.2. The fourth-order valence-corrected chi connectivity index (χ4v) is 4.24. The summed E-state index contributed by atoms with van der Waals surface area (Å²) in [5, 5.41) is 0. The number of nitrogens with zero attached hydrogens (tertiary/aromatic N) is 2. The van der Waals surface area contributed by atoms with Crippen molar-refractivity contribution < 1.29 is 0 Å². The lowest BCUT2D eigenvalue weighted by atomic mass is 10.1. The quantitative estimate of drug-likeness (QED) is 0.326. The molecule has 2 rings (SSSR count). The fourth-order valence-electron chi connectivity index (χ4n) is 2.37. The SMILES string of the molecule is C[Si](C)(C)/C=C(/N=C([N-][Si](C)(C)C)c1ccccc1)c1ccccc1. The van der Waals surface area contributed by atoms with Gasteiger partial charge in [0, 0.05) is 8.24 Å². The van der Waals surface area contributed by atoms with Crippen LogP contribution in [-0.2, 0) is 0 Å². The molecule has 0 aliphatic heterocycles. The Kier molecular flexibility index (Phi) is 6.19. The molecule has 0 atom stereocenters. The van der Waals surface area contributed by atoms with E-state index in [1.165, 1.54) is 0 Å². The summed E-state index contributed by atoms with van der Waals surface area (Å²) in [6.45, 7) is 13.7. The highest BCUT2D eigenvalue weighted by Gasteiger charge is 2.12. The summed E-state index contributed by atoms with van der Waals surface area (Å²) in [6, 6.07) is 20.8. The van der Waals surface area contributed by atoms with Gasteiger partial charge in [-0.05, 0) is 16.8 Å². The van der Waals surface area contributed by atoms with Gasteiger partial charge in [-0.1, -0.05) is 111 Å². The van der Waals surface area contributed by atoms with Gasteiger partial charge in [-0.2, -0.15) is 0 Å². The van der Waals surface area contributed by atoms with Gasteiger partial charge >= 0.3 is 0 Å². The first-order chi connectivity index (χ1) is 11.6. The highest BCUT2D eigenvalue weighted by molar-refractivity contribution is 6.85. The van der Waals surface area contributed by atoms with E-state index in [0.717, 1.165) is 22.7 Å². The van der Waals surface area contributed by atoms with Gasteiger partial charge < -0.3 is 9.97 Å². The van der Waals surface area contributed by atoms with E-state index in [2.05, 4.69) is 93.5 Å². The van der Waals surface area contributed by atoms with Crippen LogP contribution in [0.5, 0.6) is 0 Å². The predicted molar refractivity (Wildman–Crippen MR) is 117 cm³/mol. The molecule has 0 bridgehead atoms. The number of rotatable bonds is 5. The summed E-state index contributed by atoms with van der Waals surface area (Å²) in [5.41, 5.74) is 5.65. The molecule has 0 heterocycles. The van der Waals surface area contributed by atoms with Crippen LogP contribution in [0.3, 0.4) is 0 Å². The van der Waals surface area contributed by atoms with Crippen molar-refractivity contribution >= 4 is 27.8 Å². The lowest BCUT2D eigenvalue weighted by Crippen LogP contribution is -2.23. The van der Waals surface area contributed by atoms with Gasteiger partial charge in [-0.25, -0.2) is 0 Å². The van der Waals surface area contributed by atoms with Crippen LogP contribution >= 0.6 is 0 Å². The molecule has 2 aromatic carbocycles. The van der Waals surface area contributed by atoms with E-state index in [1.807, 2.05) is 12.1 Å². The van der Waals surface area contributed by atoms with Crippen LogP contribution in [-0.4, -0.2) is 22.1 Å². The molecule has 0 N–H and O–H groups in total. The van der Waals surface area contributed by atoms with Crippen LogP contribution in [0.4, 0.5) is 0 Å². The maximum absolute atomic E-state index is 5.07. The Labute approximate surface area is 154 Å². The average Bonchev–Trinajstić information content (AvgIpc) is 2.53. The van der Waals surface area contributed by atoms with Crippen molar-refractivity contribution in [2.24, 2.45) is 4.99 Å². The normalized spacial score (nSPS) is 13.7. The first-order valence-corrected chi connectivity index (χ1v) is 15.8. The lowest BCUT2D eigenvalue weighted by Gasteiger charge is -2.31. The van der Waals surface area contributed by atoms with E-state index in [1.54, 1.807) is 0 Å². The van der Waals surface area contributed by atoms with Gasteiger partial charge in [-0.3, -0.25) is 0 Å². The Morgan fingerprint density at radius 2 is 1.24 bits per heavy atom. The van der Waals surface area contributed by atoms with Crippen molar-refractivity contribution in [2.75, 3.05) is 0 Å². The standard InChI is InChI=1S/C21H29N2Si2/c1-24(2,3)17-20(18-13-9-7-10-14-18)22-21(23-25(4,5)6)19-15-11-8-12-16-19/h7-17H,1-6H3/q-1/b20-17+. The van der Waals surface area contributed by atoms with E-state index < -0.39 is 16.3 Å². The number of aliphatic imine (C=N–C) groups is 1. The third kappa shape index (κ3) is 6.84. The molecule has 2 aromatic rings. The zero-order valence-corrected chi connectivity index (χ0v) is 18.2. The van der Waals surface area contributed by atoms with Crippen molar-refractivity contribution in [1.29, 1.82) is 0 Å². The smallest absolute Gasteiger partial charge is 0.0690 e. The molecule has 0 aromatic heterocycles. The number of amidine groups is 1. The molecule has 2 nitrogen and oxygen atoms in total. The van der Waals surface area contributed by atoms with Gasteiger partial charge in [0.2, 0.25) is 0 Å². The molecule has 0 aliphatic rings. The Hall–Kier alpha value is -1.92. The highest BCUT2D eigenvalue weighted by atomic mass is 28.3. The van der Waals surface area contributed by atoms with Gasteiger partial charge in [0.25, 0.3) is 0 Å². The third-order valence-corrected chi connectivity index (χ3v) is 5.36. The fraction of sp³-hybridized carbons (Fsp3) is 0.286. The predicted octanol–water partition coefficient (Wildman–Crippen LogP) is 6.56. The molecule has 0 unspecified atom stereocenters. The van der Waals surface area contributed by atoms with Crippen LogP contribution in [0.25, 0.3) is 10.7 Å². The molecular formula is C21H29N2Si2-. The van der Waals surface area contributed by atoms with E-state index in [-0.39, 0.29) is 0 Å². The van der Waals surface area contributed by atoms with Crippen molar-refractivity contribution in [1.82, 2.24) is 0 Å². The van der Waals surface area contributed by atoms with Crippen LogP contribution in [0.2, 0.25) is 39.3 Å². The summed E-state index contributed by atoms with van der Waals surface area (Å²) in [6.07, 6.45) is 0. The Morgan fingerprint density at radius 1 is 0.760 bits per heavy atom. The molecule has 132 valence electrons. The van der Waals surface area contributed by atoms with E-state index >= 15 is 0 Å². The monoisotopic (exact) mass is 365 g/mol. The van der Waals surface area contributed by atoms with Crippen LogP contribution in [0.15, 0.2) is 71.4 Å². The average molecular weight is 366 g/mol. The van der Waals surface area contributed by atoms with Crippen molar-refractivity contribution in [3.63, 3.8) is 0 Å². The molecule has 0 aliphatic carbocycles. The molecule has 0 saturated carbocycles. The van der Waals surface area contributed by atoms with Gasteiger partial charge in [0.1, 0.15) is 0 Å².